The number of nitrogens with one attached hydrogen (secondary N) is 1. The van der Waals surface area contributed by atoms with Crippen LogP contribution in [0.15, 0.2) is 0 Å². The lowest BCUT2D eigenvalue weighted by molar-refractivity contribution is -0.144. The third kappa shape index (κ3) is 3.79. The van der Waals surface area contributed by atoms with E-state index in [0.29, 0.717) is 23.8 Å². The minimum absolute atomic E-state index is 0.155. The second kappa shape index (κ2) is 4.75. The Morgan fingerprint density at radius 1 is 1.38 bits per heavy atom. The van der Waals surface area contributed by atoms with Gasteiger partial charge in [0.15, 0.2) is 0 Å². The van der Waals surface area contributed by atoms with Crippen LogP contribution < -0.4 is 5.32 Å². The highest BCUT2D eigenvalue weighted by molar-refractivity contribution is 7.09. The maximum Gasteiger partial charge on any atom is 0.452 e. The summed E-state index contributed by atoms with van der Waals surface area (Å²) in [5.41, 5.74) is -0.399. The second-order valence-corrected chi connectivity index (χ2v) is 5.00. The highest BCUT2D eigenvalue weighted by Crippen LogP contribution is 2.30. The third-order valence-corrected chi connectivity index (χ3v) is 2.66. The minimum Gasteiger partial charge on any atom is -0.355 e. The largest absolute Gasteiger partial charge is 0.452 e. The fraction of sp³-hybridized carbons (Fsp3) is 0.750. The molecule has 3 nitrogen and oxygen atoms in total. The zero-order chi connectivity index (χ0) is 12.4. The fourth-order valence-electron chi connectivity index (χ4n) is 0.978. The monoisotopic (exact) mass is 273 g/mol. The van der Waals surface area contributed by atoms with E-state index in [2.05, 4.69) is 14.7 Å². The van der Waals surface area contributed by atoms with Gasteiger partial charge in [-0.2, -0.15) is 22.5 Å². The minimum atomic E-state index is -4.49. The van der Waals surface area contributed by atoms with E-state index in [1.807, 2.05) is 13.8 Å². The van der Waals surface area contributed by atoms with Gasteiger partial charge in [-0.25, -0.2) is 0 Å². The van der Waals surface area contributed by atoms with Gasteiger partial charge < -0.3 is 5.32 Å². The molecule has 8 heteroatoms. The predicted octanol–water partition coefficient (Wildman–Crippen LogP) is 3.38. The Morgan fingerprint density at radius 3 is 2.44 bits per heavy atom. The normalized spacial score (nSPS) is 12.9. The second-order valence-electron chi connectivity index (χ2n) is 3.87. The van der Waals surface area contributed by atoms with Crippen LogP contribution in [0.3, 0.4) is 0 Å². The van der Waals surface area contributed by atoms with Gasteiger partial charge in [-0.1, -0.05) is 0 Å². The van der Waals surface area contributed by atoms with E-state index in [0.717, 1.165) is 0 Å². The molecule has 0 saturated carbocycles. The van der Waals surface area contributed by atoms with Gasteiger partial charge in [0.1, 0.15) is 0 Å². The van der Waals surface area contributed by atoms with E-state index in [4.69, 9.17) is 11.6 Å². The van der Waals surface area contributed by atoms with Crippen molar-refractivity contribution in [3.63, 3.8) is 0 Å². The van der Waals surface area contributed by atoms with Crippen LogP contribution in [0.4, 0.5) is 18.3 Å². The van der Waals surface area contributed by atoms with Crippen LogP contribution >= 0.6 is 23.1 Å². The molecular weight excluding hydrogens is 263 g/mol. The Balaban J connectivity index is 2.73. The van der Waals surface area contributed by atoms with Crippen LogP contribution in [0.2, 0.25) is 0 Å². The summed E-state index contributed by atoms with van der Waals surface area (Å²) >= 11 is 6.27. The first kappa shape index (κ1) is 13.5. The molecule has 16 heavy (non-hydrogen) atoms. The number of hydrogen-bond acceptors (Lipinski definition) is 4. The van der Waals surface area contributed by atoms with Crippen LogP contribution in [0.5, 0.6) is 0 Å². The van der Waals surface area contributed by atoms with E-state index in [1.54, 1.807) is 0 Å². The molecule has 92 valence electrons. The third-order valence-electron chi connectivity index (χ3n) is 1.84. The van der Waals surface area contributed by atoms with Gasteiger partial charge in [-0.15, -0.1) is 11.6 Å². The number of nitrogens with zero attached hydrogens (tertiary/aromatic N) is 2. The average Bonchev–Trinajstić information content (AvgIpc) is 2.50. The molecule has 1 aromatic heterocycles. The molecule has 0 spiro atoms. The summed E-state index contributed by atoms with van der Waals surface area (Å²) in [6, 6.07) is 0. The standard InChI is InChI=1S/C8H11ClF3N3S/c1-7(2,3-4-9)14-6-13-5(15-16-6)8(10,11)12/h3-4H2,1-2H3,(H,13,14,15). The lowest BCUT2D eigenvalue weighted by Crippen LogP contribution is -2.31. The summed E-state index contributed by atoms with van der Waals surface area (Å²) in [5.74, 6) is -0.688. The first-order valence-electron chi connectivity index (χ1n) is 4.50. The molecule has 0 aliphatic heterocycles. The Hall–Kier alpha value is -0.560. The van der Waals surface area contributed by atoms with Crippen molar-refractivity contribution in [2.24, 2.45) is 0 Å². The Labute approximate surface area is 100 Å². The SMILES string of the molecule is CC(C)(CCCl)Nc1nc(C(F)(F)F)ns1. The van der Waals surface area contributed by atoms with Crippen molar-refractivity contribution < 1.29 is 13.2 Å². The van der Waals surface area contributed by atoms with Crippen LogP contribution in [0, 0.1) is 0 Å². The van der Waals surface area contributed by atoms with Gasteiger partial charge >= 0.3 is 6.18 Å². The summed E-state index contributed by atoms with van der Waals surface area (Å²) in [6.45, 7) is 3.67. The molecule has 1 heterocycles. The number of rotatable bonds is 4. The van der Waals surface area contributed by atoms with Gasteiger partial charge in [0.2, 0.25) is 11.0 Å². The van der Waals surface area contributed by atoms with Crippen LogP contribution in [-0.4, -0.2) is 20.8 Å². The number of anilines is 1. The molecule has 0 aromatic carbocycles. The highest BCUT2D eigenvalue weighted by atomic mass is 35.5. The molecule has 0 bridgehead atoms. The van der Waals surface area contributed by atoms with Crippen molar-refractivity contribution >= 4 is 28.3 Å². The van der Waals surface area contributed by atoms with Crippen molar-refractivity contribution in [3.8, 4) is 0 Å². The smallest absolute Gasteiger partial charge is 0.355 e. The number of aromatic nitrogens is 2. The maximum atomic E-state index is 12.2. The molecule has 0 unspecified atom stereocenters. The summed E-state index contributed by atoms with van der Waals surface area (Å²) in [7, 11) is 0. The van der Waals surface area contributed by atoms with Gasteiger partial charge in [0.05, 0.1) is 0 Å². The van der Waals surface area contributed by atoms with Crippen molar-refractivity contribution in [1.82, 2.24) is 9.36 Å². The topological polar surface area (TPSA) is 37.8 Å². The lowest BCUT2D eigenvalue weighted by atomic mass is 10.0. The molecular formula is C8H11ClF3N3S. The van der Waals surface area contributed by atoms with Crippen LogP contribution in [-0.2, 0) is 6.18 Å². The lowest BCUT2D eigenvalue weighted by Gasteiger charge is -2.24. The zero-order valence-corrected chi connectivity index (χ0v) is 10.3. The first-order chi connectivity index (χ1) is 7.24. The summed E-state index contributed by atoms with van der Waals surface area (Å²) < 4.78 is 39.9. The number of hydrogen-bond donors (Lipinski definition) is 1. The number of alkyl halides is 4. The summed E-state index contributed by atoms with van der Waals surface area (Å²) in [4.78, 5) is 3.38. The van der Waals surface area contributed by atoms with E-state index in [9.17, 15) is 13.2 Å². The molecule has 0 saturated heterocycles. The summed E-state index contributed by atoms with van der Waals surface area (Å²) in [6.07, 6.45) is -3.87. The summed E-state index contributed by atoms with van der Waals surface area (Å²) in [5, 5.41) is 3.03. The molecule has 1 N–H and O–H groups in total. The van der Waals surface area contributed by atoms with Crippen molar-refractivity contribution in [2.75, 3.05) is 11.2 Å². The van der Waals surface area contributed by atoms with Gasteiger partial charge in [-0.05, 0) is 20.3 Å². The maximum absolute atomic E-state index is 12.2. The Bertz CT molecular complexity index is 351. The van der Waals surface area contributed by atoms with E-state index in [-0.39, 0.29) is 5.13 Å². The average molecular weight is 274 g/mol. The molecule has 0 fully saturated rings. The number of halogens is 4. The molecule has 1 rings (SSSR count). The van der Waals surface area contributed by atoms with Crippen molar-refractivity contribution in [1.29, 1.82) is 0 Å². The Morgan fingerprint density at radius 2 is 2.00 bits per heavy atom. The van der Waals surface area contributed by atoms with E-state index in [1.165, 1.54) is 0 Å². The van der Waals surface area contributed by atoms with Gasteiger partial charge in [0.25, 0.3) is 0 Å². The zero-order valence-electron chi connectivity index (χ0n) is 8.73. The van der Waals surface area contributed by atoms with Crippen molar-refractivity contribution in [3.05, 3.63) is 5.82 Å². The van der Waals surface area contributed by atoms with Crippen LogP contribution in [0.25, 0.3) is 0 Å². The fourth-order valence-corrected chi connectivity index (χ4v) is 2.22. The highest BCUT2D eigenvalue weighted by Gasteiger charge is 2.36. The van der Waals surface area contributed by atoms with E-state index < -0.39 is 17.5 Å². The van der Waals surface area contributed by atoms with Gasteiger partial charge in [-0.3, -0.25) is 0 Å². The Kier molecular flexibility index (Phi) is 4.01. The van der Waals surface area contributed by atoms with E-state index >= 15 is 0 Å². The molecule has 0 aliphatic rings. The molecule has 0 amide bonds. The molecule has 1 aromatic rings. The molecule has 0 radical (unpaired) electrons. The first-order valence-corrected chi connectivity index (χ1v) is 5.80. The van der Waals surface area contributed by atoms with Gasteiger partial charge in [0, 0.05) is 23.0 Å². The predicted molar refractivity (Wildman–Crippen MR) is 57.9 cm³/mol. The quantitative estimate of drug-likeness (QED) is 0.855. The molecule has 0 atom stereocenters. The molecule has 0 aliphatic carbocycles. The van der Waals surface area contributed by atoms with Crippen molar-refractivity contribution in [2.45, 2.75) is 32.0 Å². The van der Waals surface area contributed by atoms with Crippen LogP contribution in [0.1, 0.15) is 26.1 Å².